The number of tetrazole rings is 1. The van der Waals surface area contributed by atoms with E-state index in [-0.39, 0.29) is 11.6 Å². The quantitative estimate of drug-likeness (QED) is 0.766. The molecule has 1 fully saturated rings. The van der Waals surface area contributed by atoms with E-state index in [0.717, 1.165) is 43.7 Å². The second kappa shape index (κ2) is 7.53. The average Bonchev–Trinajstić information content (AvgIpc) is 2.82. The molecule has 1 N–H and O–H groups in total. The predicted octanol–water partition coefficient (Wildman–Crippen LogP) is 0.484. The molecule has 2 heterocycles. The Hall–Kier alpha value is -0.700. The largest absolute Gasteiger partial charge is 0.375 e. The lowest BCUT2D eigenvalue weighted by Crippen LogP contribution is -2.41. The van der Waals surface area contributed by atoms with Gasteiger partial charge in [-0.05, 0) is 38.2 Å². The molecule has 0 spiro atoms. The van der Waals surface area contributed by atoms with Crippen LogP contribution in [0.15, 0.2) is 5.16 Å². The molecule has 2 rings (SSSR count). The third-order valence-corrected chi connectivity index (χ3v) is 4.31. The molecule has 0 saturated carbocycles. The Morgan fingerprint density at radius 1 is 1.43 bits per heavy atom. The van der Waals surface area contributed by atoms with E-state index in [1.807, 2.05) is 4.68 Å². The van der Waals surface area contributed by atoms with Crippen molar-refractivity contribution < 1.29 is 4.74 Å². The van der Waals surface area contributed by atoms with Gasteiger partial charge in [0, 0.05) is 30.9 Å². The van der Waals surface area contributed by atoms with E-state index in [1.165, 1.54) is 0 Å². The summed E-state index contributed by atoms with van der Waals surface area (Å²) in [6.07, 6.45) is 0.256. The number of morpholine rings is 1. The lowest BCUT2D eigenvalue weighted by molar-refractivity contribution is -0.00602. The molecule has 0 aliphatic carbocycles. The molecular weight excluding hydrogens is 288 g/mol. The fourth-order valence-corrected chi connectivity index (χ4v) is 3.02. The number of aromatic nitrogens is 4. The number of likely N-dealkylation sites (N-methyl/N-ethyl adjacent to an activating group) is 1. The summed E-state index contributed by atoms with van der Waals surface area (Å²) >= 11 is 1.67. The lowest BCUT2D eigenvalue weighted by atomic mass is 10.1. The van der Waals surface area contributed by atoms with Gasteiger partial charge in [0.15, 0.2) is 0 Å². The topological polar surface area (TPSA) is 68.1 Å². The highest BCUT2D eigenvalue weighted by Gasteiger charge is 2.19. The van der Waals surface area contributed by atoms with E-state index in [1.54, 1.807) is 11.8 Å². The smallest absolute Gasteiger partial charge is 0.209 e. The maximum atomic E-state index is 5.76. The Morgan fingerprint density at radius 3 is 2.95 bits per heavy atom. The van der Waals surface area contributed by atoms with Crippen molar-refractivity contribution >= 4 is 11.8 Å². The molecule has 1 saturated heterocycles. The molecule has 1 atom stereocenters. The summed E-state index contributed by atoms with van der Waals surface area (Å²) in [6.45, 7) is 10.9. The third-order valence-electron chi connectivity index (χ3n) is 3.22. The molecule has 0 radical (unpaired) electrons. The number of hydrogen-bond acceptors (Lipinski definition) is 7. The van der Waals surface area contributed by atoms with Crippen LogP contribution in [0.4, 0.5) is 0 Å². The van der Waals surface area contributed by atoms with Crippen LogP contribution in [0.5, 0.6) is 0 Å². The van der Waals surface area contributed by atoms with Crippen molar-refractivity contribution in [1.82, 2.24) is 30.4 Å². The fraction of sp³-hybridized carbons (Fsp3) is 0.923. The van der Waals surface area contributed by atoms with E-state index < -0.39 is 0 Å². The minimum Gasteiger partial charge on any atom is -0.375 e. The summed E-state index contributed by atoms with van der Waals surface area (Å²) in [5.74, 6) is 0.886. The number of ether oxygens (including phenoxy) is 1. The zero-order valence-corrected chi connectivity index (χ0v) is 14.2. The highest BCUT2D eigenvalue weighted by Crippen LogP contribution is 2.17. The van der Waals surface area contributed by atoms with Gasteiger partial charge in [-0.15, -0.1) is 5.10 Å². The Kier molecular flexibility index (Phi) is 5.98. The highest BCUT2D eigenvalue weighted by molar-refractivity contribution is 7.99. The van der Waals surface area contributed by atoms with E-state index in [9.17, 15) is 0 Å². The van der Waals surface area contributed by atoms with Crippen molar-refractivity contribution in [2.75, 3.05) is 39.0 Å². The second-order valence-corrected chi connectivity index (χ2v) is 7.41. The molecule has 120 valence electrons. The first-order chi connectivity index (χ1) is 9.94. The Labute approximate surface area is 130 Å². The van der Waals surface area contributed by atoms with Crippen LogP contribution in [-0.2, 0) is 11.3 Å². The molecule has 0 amide bonds. The Balaban J connectivity index is 1.77. The molecule has 1 unspecified atom stereocenters. The molecule has 1 aliphatic heterocycles. The maximum absolute atomic E-state index is 5.76. The summed E-state index contributed by atoms with van der Waals surface area (Å²) in [5, 5.41) is 16.2. The molecule has 21 heavy (non-hydrogen) atoms. The SMILES string of the molecule is CN1CCOC(CSc2nnnn2CCNC(C)(C)C)C1. The van der Waals surface area contributed by atoms with Crippen LogP contribution in [0.2, 0.25) is 0 Å². The number of thioether (sulfide) groups is 1. The van der Waals surface area contributed by atoms with Crippen LogP contribution >= 0.6 is 11.8 Å². The van der Waals surface area contributed by atoms with Crippen LogP contribution in [0.3, 0.4) is 0 Å². The summed E-state index contributed by atoms with van der Waals surface area (Å²) in [5.41, 5.74) is 0.113. The first-order valence-corrected chi connectivity index (χ1v) is 8.37. The molecule has 1 aromatic heterocycles. The zero-order chi connectivity index (χ0) is 15.3. The van der Waals surface area contributed by atoms with Crippen molar-refractivity contribution in [3.8, 4) is 0 Å². The number of nitrogens with one attached hydrogen (secondary N) is 1. The minimum absolute atomic E-state index is 0.113. The summed E-state index contributed by atoms with van der Waals surface area (Å²) in [4.78, 5) is 2.30. The van der Waals surface area contributed by atoms with Crippen LogP contribution in [0.25, 0.3) is 0 Å². The van der Waals surface area contributed by atoms with Crippen molar-refractivity contribution in [3.63, 3.8) is 0 Å². The normalized spacial score (nSPS) is 20.9. The van der Waals surface area contributed by atoms with Gasteiger partial charge in [-0.25, -0.2) is 4.68 Å². The monoisotopic (exact) mass is 314 g/mol. The van der Waals surface area contributed by atoms with Gasteiger partial charge in [0.05, 0.1) is 19.3 Å². The van der Waals surface area contributed by atoms with E-state index in [0.29, 0.717) is 0 Å². The van der Waals surface area contributed by atoms with Crippen molar-refractivity contribution in [2.45, 2.75) is 44.1 Å². The first kappa shape index (κ1) is 16.7. The van der Waals surface area contributed by atoms with Gasteiger partial charge < -0.3 is 15.0 Å². The Bertz CT molecular complexity index is 433. The predicted molar refractivity (Wildman–Crippen MR) is 83.5 cm³/mol. The number of nitrogens with zero attached hydrogens (tertiary/aromatic N) is 5. The third kappa shape index (κ3) is 5.90. The number of hydrogen-bond donors (Lipinski definition) is 1. The van der Waals surface area contributed by atoms with Gasteiger partial charge >= 0.3 is 0 Å². The van der Waals surface area contributed by atoms with Crippen molar-refractivity contribution in [2.24, 2.45) is 0 Å². The molecule has 0 bridgehead atoms. The molecule has 8 heteroatoms. The zero-order valence-electron chi connectivity index (χ0n) is 13.4. The highest BCUT2D eigenvalue weighted by atomic mass is 32.2. The van der Waals surface area contributed by atoms with Gasteiger partial charge in [0.25, 0.3) is 0 Å². The minimum atomic E-state index is 0.113. The number of rotatable bonds is 6. The van der Waals surface area contributed by atoms with Gasteiger partial charge in [-0.1, -0.05) is 11.8 Å². The average molecular weight is 314 g/mol. The maximum Gasteiger partial charge on any atom is 0.209 e. The van der Waals surface area contributed by atoms with Crippen molar-refractivity contribution in [3.05, 3.63) is 0 Å². The van der Waals surface area contributed by atoms with Gasteiger partial charge in [-0.2, -0.15) is 0 Å². The fourth-order valence-electron chi connectivity index (χ4n) is 2.11. The summed E-state index contributed by atoms with van der Waals surface area (Å²) in [6, 6.07) is 0. The van der Waals surface area contributed by atoms with Gasteiger partial charge in [0.1, 0.15) is 0 Å². The second-order valence-electron chi connectivity index (χ2n) is 6.43. The molecule has 7 nitrogen and oxygen atoms in total. The summed E-state index contributed by atoms with van der Waals surface area (Å²) < 4.78 is 7.62. The van der Waals surface area contributed by atoms with Crippen molar-refractivity contribution in [1.29, 1.82) is 0 Å². The Morgan fingerprint density at radius 2 is 2.24 bits per heavy atom. The van der Waals surface area contributed by atoms with Crippen LogP contribution < -0.4 is 5.32 Å². The van der Waals surface area contributed by atoms with Gasteiger partial charge in [0.2, 0.25) is 5.16 Å². The van der Waals surface area contributed by atoms with Gasteiger partial charge in [-0.3, -0.25) is 0 Å². The van der Waals surface area contributed by atoms with Crippen LogP contribution in [-0.4, -0.2) is 75.8 Å². The molecule has 1 aromatic rings. The van der Waals surface area contributed by atoms with E-state index in [4.69, 9.17) is 4.74 Å². The molecular formula is C13H26N6OS. The molecule has 1 aliphatic rings. The lowest BCUT2D eigenvalue weighted by Gasteiger charge is -2.29. The van der Waals surface area contributed by atoms with Crippen LogP contribution in [0.1, 0.15) is 20.8 Å². The standard InChI is InChI=1S/C13H26N6OS/c1-13(2,3)14-5-6-19-12(15-16-17-19)21-10-11-9-18(4)7-8-20-11/h11,14H,5-10H2,1-4H3. The summed E-state index contributed by atoms with van der Waals surface area (Å²) in [7, 11) is 2.13. The van der Waals surface area contributed by atoms with E-state index >= 15 is 0 Å². The first-order valence-electron chi connectivity index (χ1n) is 7.38. The van der Waals surface area contributed by atoms with Crippen LogP contribution in [0, 0.1) is 0 Å². The molecule has 0 aromatic carbocycles. The van der Waals surface area contributed by atoms with E-state index in [2.05, 4.69) is 53.6 Å².